The van der Waals surface area contributed by atoms with E-state index < -0.39 is 0 Å². The van der Waals surface area contributed by atoms with Crippen LogP contribution in [0.2, 0.25) is 0 Å². The molecule has 0 fully saturated rings. The third-order valence-electron chi connectivity index (χ3n) is 3.17. The zero-order chi connectivity index (χ0) is 14.0. The van der Waals surface area contributed by atoms with Gasteiger partial charge in [-0.3, -0.25) is 10.2 Å². The number of thioether (sulfide) groups is 1. The molecule has 102 valence electrons. The van der Waals surface area contributed by atoms with Gasteiger partial charge >= 0.3 is 0 Å². The molecule has 0 saturated heterocycles. The highest BCUT2D eigenvalue weighted by Gasteiger charge is 2.21. The minimum Gasteiger partial charge on any atom is -0.333 e. The third kappa shape index (κ3) is 3.08. The van der Waals surface area contributed by atoms with Crippen molar-refractivity contribution in [2.24, 2.45) is 11.8 Å². The summed E-state index contributed by atoms with van der Waals surface area (Å²) < 4.78 is 0. The minimum absolute atomic E-state index is 0.0882. The zero-order valence-electron chi connectivity index (χ0n) is 11.2. The summed E-state index contributed by atoms with van der Waals surface area (Å²) in [5.74, 6) is 4.81. The van der Waals surface area contributed by atoms with Gasteiger partial charge in [-0.2, -0.15) is 0 Å². The lowest BCUT2D eigenvalue weighted by atomic mass is 10.1. The smallest absolute Gasteiger partial charge is 0.237 e. The number of benzene rings is 1. The van der Waals surface area contributed by atoms with E-state index in [1.165, 1.54) is 5.56 Å². The van der Waals surface area contributed by atoms with Crippen LogP contribution in [-0.4, -0.2) is 21.1 Å². The maximum absolute atomic E-state index is 11.5. The van der Waals surface area contributed by atoms with Gasteiger partial charge in [-0.15, -0.1) is 0 Å². The number of nitrogens with two attached hydrogens (primary N) is 1. The van der Waals surface area contributed by atoms with Crippen LogP contribution in [0, 0.1) is 12.8 Å². The van der Waals surface area contributed by atoms with E-state index in [0.29, 0.717) is 0 Å². The number of amides is 1. The number of nitrogens with zero attached hydrogens (tertiary/aromatic N) is 1. The first-order valence-corrected chi connectivity index (χ1v) is 7.02. The maximum Gasteiger partial charge on any atom is 0.237 e. The highest BCUT2D eigenvalue weighted by molar-refractivity contribution is 7.99. The Balaban J connectivity index is 2.15. The Morgan fingerprint density at radius 3 is 2.89 bits per heavy atom. The SMILES string of the molecule is Cc1ccc2nc(SC(C)C(C)C(=O)NN)[nH]c2c1. The molecule has 4 N–H and O–H groups in total. The molecule has 1 amide bonds. The highest BCUT2D eigenvalue weighted by atomic mass is 32.2. The molecule has 0 saturated carbocycles. The average molecular weight is 278 g/mol. The molecule has 6 heteroatoms. The van der Waals surface area contributed by atoms with Crippen molar-refractivity contribution in [2.75, 3.05) is 0 Å². The van der Waals surface area contributed by atoms with E-state index in [1.54, 1.807) is 11.8 Å². The first-order chi connectivity index (χ1) is 9.01. The summed E-state index contributed by atoms with van der Waals surface area (Å²) in [5, 5.41) is 0.912. The summed E-state index contributed by atoms with van der Waals surface area (Å²) in [6.45, 7) is 5.89. The molecule has 0 aliphatic carbocycles. The zero-order valence-corrected chi connectivity index (χ0v) is 12.0. The number of imidazole rings is 1. The molecule has 0 aliphatic heterocycles. The summed E-state index contributed by atoms with van der Waals surface area (Å²) in [6.07, 6.45) is 0. The van der Waals surface area contributed by atoms with Crippen molar-refractivity contribution in [3.05, 3.63) is 23.8 Å². The number of aromatic nitrogens is 2. The van der Waals surface area contributed by atoms with E-state index in [9.17, 15) is 4.79 Å². The molecule has 2 unspecified atom stereocenters. The number of carbonyl (C=O) groups excluding carboxylic acids is 1. The van der Waals surface area contributed by atoms with E-state index in [-0.39, 0.29) is 17.1 Å². The van der Waals surface area contributed by atoms with Gasteiger partial charge in [0.2, 0.25) is 5.91 Å². The van der Waals surface area contributed by atoms with Gasteiger partial charge in [-0.05, 0) is 24.6 Å². The molecule has 2 atom stereocenters. The Labute approximate surface area is 116 Å². The molecule has 5 nitrogen and oxygen atoms in total. The standard InChI is InChI=1S/C13H18N4OS/c1-7-4-5-10-11(6-7)16-13(15-10)19-9(3)8(2)12(18)17-14/h4-6,8-9H,14H2,1-3H3,(H,15,16)(H,17,18). The Hall–Kier alpha value is -1.53. The number of hydrogen-bond acceptors (Lipinski definition) is 4. The second kappa shape index (κ2) is 5.63. The number of nitrogens with one attached hydrogen (secondary N) is 2. The number of hydrogen-bond donors (Lipinski definition) is 3. The van der Waals surface area contributed by atoms with Crippen molar-refractivity contribution in [3.63, 3.8) is 0 Å². The highest BCUT2D eigenvalue weighted by Crippen LogP contribution is 2.27. The first-order valence-electron chi connectivity index (χ1n) is 6.14. The van der Waals surface area contributed by atoms with Gasteiger partial charge in [0.05, 0.1) is 11.0 Å². The molecule has 1 aromatic carbocycles. The number of aryl methyl sites for hydroxylation is 1. The monoisotopic (exact) mass is 278 g/mol. The second-order valence-corrected chi connectivity index (χ2v) is 6.05. The molecule has 0 aliphatic rings. The van der Waals surface area contributed by atoms with Crippen LogP contribution in [0.15, 0.2) is 23.4 Å². The van der Waals surface area contributed by atoms with E-state index in [1.807, 2.05) is 32.9 Å². The van der Waals surface area contributed by atoms with Gasteiger partial charge in [-0.1, -0.05) is 31.7 Å². The largest absolute Gasteiger partial charge is 0.333 e. The van der Waals surface area contributed by atoms with Crippen LogP contribution in [-0.2, 0) is 4.79 Å². The molecule has 0 spiro atoms. The molecule has 1 heterocycles. The van der Waals surface area contributed by atoms with E-state index in [0.717, 1.165) is 16.2 Å². The van der Waals surface area contributed by atoms with Crippen LogP contribution in [0.4, 0.5) is 0 Å². The number of fused-ring (bicyclic) bond motifs is 1. The molecule has 0 radical (unpaired) electrons. The molecule has 19 heavy (non-hydrogen) atoms. The molecule has 2 rings (SSSR count). The van der Waals surface area contributed by atoms with Gasteiger partial charge in [-0.25, -0.2) is 10.8 Å². The van der Waals surface area contributed by atoms with Crippen molar-refractivity contribution in [3.8, 4) is 0 Å². The number of hydrazine groups is 1. The van der Waals surface area contributed by atoms with Crippen LogP contribution in [0.5, 0.6) is 0 Å². The topological polar surface area (TPSA) is 83.8 Å². The lowest BCUT2D eigenvalue weighted by Gasteiger charge is -2.16. The Morgan fingerprint density at radius 2 is 2.21 bits per heavy atom. The van der Waals surface area contributed by atoms with Crippen LogP contribution in [0.1, 0.15) is 19.4 Å². The summed E-state index contributed by atoms with van der Waals surface area (Å²) in [5.41, 5.74) is 5.33. The van der Waals surface area contributed by atoms with Crippen molar-refractivity contribution < 1.29 is 4.79 Å². The van der Waals surface area contributed by atoms with Gasteiger partial charge in [0.15, 0.2) is 5.16 Å². The van der Waals surface area contributed by atoms with Gasteiger partial charge in [0.25, 0.3) is 0 Å². The normalized spacial score (nSPS) is 14.3. The van der Waals surface area contributed by atoms with Crippen LogP contribution >= 0.6 is 11.8 Å². The summed E-state index contributed by atoms with van der Waals surface area (Å²) >= 11 is 1.54. The predicted molar refractivity (Wildman–Crippen MR) is 77.6 cm³/mol. The maximum atomic E-state index is 11.5. The number of rotatable bonds is 4. The lowest BCUT2D eigenvalue weighted by molar-refractivity contribution is -0.124. The van der Waals surface area contributed by atoms with Gasteiger partial charge in [0.1, 0.15) is 0 Å². The Bertz CT molecular complexity index is 595. The second-order valence-electron chi connectivity index (χ2n) is 4.68. The van der Waals surface area contributed by atoms with Gasteiger partial charge in [0, 0.05) is 11.2 Å². The van der Waals surface area contributed by atoms with Crippen LogP contribution in [0.3, 0.4) is 0 Å². The fourth-order valence-electron chi connectivity index (χ4n) is 1.78. The Morgan fingerprint density at radius 1 is 1.47 bits per heavy atom. The number of aromatic amines is 1. The Kier molecular flexibility index (Phi) is 4.11. The van der Waals surface area contributed by atoms with Crippen LogP contribution < -0.4 is 11.3 Å². The van der Waals surface area contributed by atoms with Crippen molar-refractivity contribution >= 4 is 28.7 Å². The van der Waals surface area contributed by atoms with E-state index in [4.69, 9.17) is 5.84 Å². The van der Waals surface area contributed by atoms with Crippen molar-refractivity contribution in [2.45, 2.75) is 31.2 Å². The molecule has 0 bridgehead atoms. The average Bonchev–Trinajstić information content (AvgIpc) is 2.77. The first kappa shape index (κ1) is 13.9. The van der Waals surface area contributed by atoms with Crippen molar-refractivity contribution in [1.29, 1.82) is 0 Å². The minimum atomic E-state index is -0.176. The quantitative estimate of drug-likeness (QED) is 0.345. The van der Waals surface area contributed by atoms with Gasteiger partial charge < -0.3 is 4.98 Å². The number of carbonyl (C=O) groups is 1. The fourth-order valence-corrected chi connectivity index (χ4v) is 2.78. The van der Waals surface area contributed by atoms with E-state index >= 15 is 0 Å². The summed E-state index contributed by atoms with van der Waals surface area (Å²) in [4.78, 5) is 19.3. The van der Waals surface area contributed by atoms with Crippen molar-refractivity contribution in [1.82, 2.24) is 15.4 Å². The molecular formula is C13H18N4OS. The molecule has 2 aromatic rings. The predicted octanol–water partition coefficient (Wildman–Crippen LogP) is 1.98. The van der Waals surface area contributed by atoms with Crippen LogP contribution in [0.25, 0.3) is 11.0 Å². The lowest BCUT2D eigenvalue weighted by Crippen LogP contribution is -2.38. The third-order valence-corrected chi connectivity index (χ3v) is 4.37. The number of H-pyrrole nitrogens is 1. The molecular weight excluding hydrogens is 260 g/mol. The summed E-state index contributed by atoms with van der Waals surface area (Å²) in [6, 6.07) is 6.09. The molecule has 1 aromatic heterocycles. The summed E-state index contributed by atoms with van der Waals surface area (Å²) in [7, 11) is 0. The fraction of sp³-hybridized carbons (Fsp3) is 0.385. The van der Waals surface area contributed by atoms with E-state index in [2.05, 4.69) is 21.5 Å².